The van der Waals surface area contributed by atoms with Crippen molar-refractivity contribution in [2.45, 2.75) is 13.5 Å². The Kier molecular flexibility index (Phi) is 3.75. The van der Waals surface area contributed by atoms with Crippen LogP contribution in [0.3, 0.4) is 0 Å². The van der Waals surface area contributed by atoms with E-state index in [-0.39, 0.29) is 5.82 Å². The monoisotopic (exact) mass is 217 g/mol. The average molecular weight is 217 g/mol. The first kappa shape index (κ1) is 10.8. The number of imidazole rings is 1. The van der Waals surface area contributed by atoms with E-state index in [1.807, 2.05) is 6.92 Å². The third kappa shape index (κ3) is 2.63. The van der Waals surface area contributed by atoms with Gasteiger partial charge in [0, 0.05) is 16.6 Å². The van der Waals surface area contributed by atoms with Crippen LogP contribution >= 0.6 is 0 Å². The lowest BCUT2D eigenvalue weighted by Crippen LogP contribution is -2.10. The molecule has 78 valence electrons. The predicted molar refractivity (Wildman–Crippen MR) is 52.4 cm³/mol. The Morgan fingerprint density at radius 3 is 3.00 bits per heavy atom. The summed E-state index contributed by atoms with van der Waals surface area (Å²) in [5.74, 6) is 0.939. The molecule has 0 aliphatic heterocycles. The van der Waals surface area contributed by atoms with E-state index in [0.717, 1.165) is 0 Å². The quantitative estimate of drug-likeness (QED) is 0.533. The molecule has 14 heavy (non-hydrogen) atoms. The Labute approximate surface area is 83.6 Å². The van der Waals surface area contributed by atoms with Crippen LogP contribution in [0, 0.1) is 10.1 Å². The van der Waals surface area contributed by atoms with Gasteiger partial charge in [-0.25, -0.2) is 9.55 Å². The average Bonchev–Trinajstić information content (AvgIpc) is 2.62. The van der Waals surface area contributed by atoms with Gasteiger partial charge in [0.25, 0.3) is 0 Å². The van der Waals surface area contributed by atoms with E-state index in [4.69, 9.17) is 0 Å². The minimum atomic E-state index is -0.904. The number of aromatic nitrogens is 2. The SMILES string of the molecule is CCS(=O)CCn1cncc1[N+](=O)[O-]. The molecule has 0 spiro atoms. The molecule has 6 nitrogen and oxygen atoms in total. The van der Waals surface area contributed by atoms with E-state index in [1.165, 1.54) is 17.1 Å². The van der Waals surface area contributed by atoms with E-state index in [0.29, 0.717) is 18.1 Å². The van der Waals surface area contributed by atoms with Crippen LogP contribution in [0.5, 0.6) is 0 Å². The summed E-state index contributed by atoms with van der Waals surface area (Å²) in [5.41, 5.74) is 0. The summed E-state index contributed by atoms with van der Waals surface area (Å²) in [6.45, 7) is 2.19. The molecule has 1 unspecified atom stereocenters. The third-order valence-corrected chi connectivity index (χ3v) is 3.04. The summed E-state index contributed by atoms with van der Waals surface area (Å²) in [4.78, 5) is 13.6. The molecule has 1 aromatic heterocycles. The number of hydrogen-bond donors (Lipinski definition) is 0. The summed E-state index contributed by atoms with van der Waals surface area (Å²) in [5, 5.41) is 10.5. The number of aryl methyl sites for hydroxylation is 1. The third-order valence-electron chi connectivity index (χ3n) is 1.76. The number of nitrogens with zero attached hydrogens (tertiary/aromatic N) is 3. The summed E-state index contributed by atoms with van der Waals surface area (Å²) in [7, 11) is -0.904. The second kappa shape index (κ2) is 4.85. The van der Waals surface area contributed by atoms with Crippen molar-refractivity contribution >= 4 is 16.6 Å². The highest BCUT2D eigenvalue weighted by atomic mass is 32.2. The molecule has 7 heteroatoms. The molecule has 1 heterocycles. The van der Waals surface area contributed by atoms with Crippen LogP contribution in [0.2, 0.25) is 0 Å². The van der Waals surface area contributed by atoms with Crippen molar-refractivity contribution < 1.29 is 9.13 Å². The van der Waals surface area contributed by atoms with Crippen molar-refractivity contribution in [1.82, 2.24) is 9.55 Å². The van der Waals surface area contributed by atoms with E-state index in [2.05, 4.69) is 4.98 Å². The summed E-state index contributed by atoms with van der Waals surface area (Å²) < 4.78 is 12.5. The summed E-state index contributed by atoms with van der Waals surface area (Å²) in [6.07, 6.45) is 2.57. The molecule has 0 aliphatic rings. The smallest absolute Gasteiger partial charge is 0.342 e. The lowest BCUT2D eigenvalue weighted by molar-refractivity contribution is -0.392. The maximum atomic E-state index is 11.1. The number of hydrogen-bond acceptors (Lipinski definition) is 4. The zero-order chi connectivity index (χ0) is 10.6. The van der Waals surface area contributed by atoms with Gasteiger partial charge in [0.05, 0.1) is 5.75 Å². The maximum Gasteiger partial charge on any atom is 0.342 e. The Bertz CT molecular complexity index is 350. The van der Waals surface area contributed by atoms with Crippen LogP contribution in [-0.4, -0.2) is 30.2 Å². The predicted octanol–water partition coefficient (Wildman–Crippen LogP) is 0.560. The lowest BCUT2D eigenvalue weighted by atomic mass is 10.6. The molecule has 0 fully saturated rings. The summed E-state index contributed by atoms with van der Waals surface area (Å²) >= 11 is 0. The molecule has 1 rings (SSSR count). The molecule has 0 saturated carbocycles. The zero-order valence-electron chi connectivity index (χ0n) is 7.75. The molecular formula is C7H11N3O3S. The Balaban J connectivity index is 2.63. The van der Waals surface area contributed by atoms with Crippen molar-refractivity contribution in [1.29, 1.82) is 0 Å². The van der Waals surface area contributed by atoms with Crippen molar-refractivity contribution in [3.05, 3.63) is 22.6 Å². The lowest BCUT2D eigenvalue weighted by Gasteiger charge is -1.99. The van der Waals surface area contributed by atoms with Gasteiger partial charge in [0.1, 0.15) is 12.7 Å². The van der Waals surface area contributed by atoms with Gasteiger partial charge in [0.15, 0.2) is 6.33 Å². The normalized spacial score (nSPS) is 12.6. The van der Waals surface area contributed by atoms with Gasteiger partial charge in [-0.05, 0) is 4.92 Å². The highest BCUT2D eigenvalue weighted by Gasteiger charge is 2.12. The first-order chi connectivity index (χ1) is 6.65. The fourth-order valence-electron chi connectivity index (χ4n) is 0.983. The van der Waals surface area contributed by atoms with Gasteiger partial charge in [-0.1, -0.05) is 6.92 Å². The second-order valence-corrected chi connectivity index (χ2v) is 4.50. The van der Waals surface area contributed by atoms with Gasteiger partial charge in [-0.2, -0.15) is 0 Å². The van der Waals surface area contributed by atoms with Crippen molar-refractivity contribution in [3.8, 4) is 0 Å². The largest absolute Gasteiger partial charge is 0.358 e. The highest BCUT2D eigenvalue weighted by Crippen LogP contribution is 2.08. The van der Waals surface area contributed by atoms with Crippen LogP contribution in [0.15, 0.2) is 12.5 Å². The zero-order valence-corrected chi connectivity index (χ0v) is 8.57. The standard InChI is InChI=1S/C7H11N3O3S/c1-2-14(13)4-3-9-6-8-5-7(9)10(11)12/h5-6H,2-4H2,1H3. The van der Waals surface area contributed by atoms with E-state index in [1.54, 1.807) is 0 Å². The van der Waals surface area contributed by atoms with Gasteiger partial charge in [0.2, 0.25) is 0 Å². The molecule has 0 aliphatic carbocycles. The highest BCUT2D eigenvalue weighted by molar-refractivity contribution is 7.84. The molecule has 1 aromatic rings. The van der Waals surface area contributed by atoms with Crippen molar-refractivity contribution in [3.63, 3.8) is 0 Å². The Morgan fingerprint density at radius 2 is 2.43 bits per heavy atom. The maximum absolute atomic E-state index is 11.1. The molecular weight excluding hydrogens is 206 g/mol. The number of rotatable bonds is 5. The van der Waals surface area contributed by atoms with E-state index in [9.17, 15) is 14.3 Å². The fourth-order valence-corrected chi connectivity index (χ4v) is 1.67. The minimum absolute atomic E-state index is 0.0573. The Hall–Kier alpha value is -1.24. The van der Waals surface area contributed by atoms with Crippen LogP contribution in [-0.2, 0) is 17.3 Å². The summed E-state index contributed by atoms with van der Waals surface area (Å²) in [6, 6.07) is 0. The van der Waals surface area contributed by atoms with Crippen LogP contribution in [0.25, 0.3) is 0 Å². The molecule has 0 bridgehead atoms. The van der Waals surface area contributed by atoms with Crippen LogP contribution in [0.1, 0.15) is 6.92 Å². The minimum Gasteiger partial charge on any atom is -0.358 e. The molecule has 0 aromatic carbocycles. The molecule has 1 atom stereocenters. The molecule has 0 saturated heterocycles. The van der Waals surface area contributed by atoms with Gasteiger partial charge in [-0.15, -0.1) is 0 Å². The molecule has 0 amide bonds. The second-order valence-electron chi connectivity index (χ2n) is 2.63. The van der Waals surface area contributed by atoms with Crippen molar-refractivity contribution in [2.75, 3.05) is 11.5 Å². The Morgan fingerprint density at radius 1 is 1.71 bits per heavy atom. The van der Waals surface area contributed by atoms with Crippen LogP contribution < -0.4 is 0 Å². The topological polar surface area (TPSA) is 78.0 Å². The van der Waals surface area contributed by atoms with Crippen molar-refractivity contribution in [2.24, 2.45) is 0 Å². The van der Waals surface area contributed by atoms with E-state index >= 15 is 0 Å². The van der Waals surface area contributed by atoms with E-state index < -0.39 is 15.7 Å². The number of nitro groups is 1. The van der Waals surface area contributed by atoms with Gasteiger partial charge < -0.3 is 10.1 Å². The molecule has 0 radical (unpaired) electrons. The van der Waals surface area contributed by atoms with Crippen LogP contribution in [0.4, 0.5) is 5.82 Å². The molecule has 0 N–H and O–H groups in total. The first-order valence-corrected chi connectivity index (χ1v) is 5.63. The fraction of sp³-hybridized carbons (Fsp3) is 0.571. The first-order valence-electron chi connectivity index (χ1n) is 4.14. The van der Waals surface area contributed by atoms with Gasteiger partial charge >= 0.3 is 5.82 Å². The van der Waals surface area contributed by atoms with Gasteiger partial charge in [-0.3, -0.25) is 4.21 Å².